The van der Waals surface area contributed by atoms with Gasteiger partial charge in [0.15, 0.2) is 0 Å². The van der Waals surface area contributed by atoms with Crippen LogP contribution in [0, 0.1) is 0 Å². The maximum atomic E-state index is 12.5. The van der Waals surface area contributed by atoms with E-state index in [1.807, 2.05) is 6.07 Å². The van der Waals surface area contributed by atoms with E-state index in [0.717, 1.165) is 5.56 Å². The first kappa shape index (κ1) is 18.6. The van der Waals surface area contributed by atoms with Crippen molar-refractivity contribution in [1.29, 1.82) is 0 Å². The van der Waals surface area contributed by atoms with Gasteiger partial charge in [0.2, 0.25) is 0 Å². The summed E-state index contributed by atoms with van der Waals surface area (Å²) in [5.74, 6) is -2.00. The molecule has 0 aliphatic carbocycles. The fraction of sp³-hybridized carbons (Fsp3) is 0.167. The second-order valence-electron chi connectivity index (χ2n) is 5.84. The van der Waals surface area contributed by atoms with E-state index in [4.69, 9.17) is 4.74 Å². The summed E-state index contributed by atoms with van der Waals surface area (Å²) in [6.07, 6.45) is -0.902. The van der Waals surface area contributed by atoms with Crippen molar-refractivity contribution < 1.29 is 27.5 Å². The molecule has 0 saturated carbocycles. The molecule has 1 aliphatic heterocycles. The van der Waals surface area contributed by atoms with E-state index in [1.165, 1.54) is 31.2 Å². The molecule has 2 aromatic rings. The van der Waals surface area contributed by atoms with Gasteiger partial charge < -0.3 is 10.1 Å². The number of fused-ring (bicyclic) bond motifs is 1. The molecule has 9 heteroatoms. The van der Waals surface area contributed by atoms with Gasteiger partial charge in [0.25, 0.3) is 21.8 Å². The molecule has 0 bridgehead atoms. The topological polar surface area (TPSA) is 110 Å². The van der Waals surface area contributed by atoms with Crippen molar-refractivity contribution in [3.05, 3.63) is 65.7 Å². The third-order valence-electron chi connectivity index (χ3n) is 3.94. The predicted octanol–water partition coefficient (Wildman–Crippen LogP) is 1.67. The summed E-state index contributed by atoms with van der Waals surface area (Å²) in [7, 11) is -4.29. The van der Waals surface area contributed by atoms with Crippen LogP contribution >= 0.6 is 0 Å². The molecule has 3 amide bonds. The Bertz CT molecular complexity index is 1000. The molecule has 140 valence electrons. The molecular formula is C18H16N2O6S. The fourth-order valence-electron chi connectivity index (χ4n) is 2.58. The van der Waals surface area contributed by atoms with Crippen molar-refractivity contribution in [3.63, 3.8) is 0 Å². The van der Waals surface area contributed by atoms with E-state index >= 15 is 0 Å². The Balaban J connectivity index is 1.67. The van der Waals surface area contributed by atoms with E-state index in [1.54, 1.807) is 24.3 Å². The van der Waals surface area contributed by atoms with Crippen molar-refractivity contribution >= 4 is 27.9 Å². The summed E-state index contributed by atoms with van der Waals surface area (Å²) in [6.45, 7) is 1.26. The number of nitrogens with zero attached hydrogens (tertiary/aromatic N) is 1. The van der Waals surface area contributed by atoms with Gasteiger partial charge in [0, 0.05) is 0 Å². The third kappa shape index (κ3) is 3.54. The molecule has 0 unspecified atom stereocenters. The standard InChI is InChI=1S/C18H16N2O6S/c1-12(19-18(23)26-11-13-7-3-2-4-8-13)16(21)20-17(22)14-9-5-6-10-15(14)27(20,24)25/h2-10,12H,11H2,1H3,(H,19,23)/t12-/m0/s1. The fourth-order valence-corrected chi connectivity index (χ4v) is 4.18. The minimum atomic E-state index is -4.29. The van der Waals surface area contributed by atoms with Crippen LogP contribution in [0.25, 0.3) is 0 Å². The summed E-state index contributed by atoms with van der Waals surface area (Å²) in [6, 6.07) is 13.2. The van der Waals surface area contributed by atoms with Gasteiger partial charge in [-0.25, -0.2) is 13.2 Å². The quantitative estimate of drug-likeness (QED) is 0.853. The van der Waals surface area contributed by atoms with Crippen molar-refractivity contribution in [2.75, 3.05) is 0 Å². The highest BCUT2D eigenvalue weighted by Gasteiger charge is 2.46. The summed E-state index contributed by atoms with van der Waals surface area (Å²) in [5, 5.41) is 2.24. The van der Waals surface area contributed by atoms with E-state index < -0.39 is 34.0 Å². The SMILES string of the molecule is C[C@H](NC(=O)OCc1ccccc1)C(=O)N1C(=O)c2ccccc2S1(=O)=O. The lowest BCUT2D eigenvalue weighted by Gasteiger charge is -2.19. The Morgan fingerprint density at radius 1 is 1.07 bits per heavy atom. The minimum Gasteiger partial charge on any atom is -0.445 e. The van der Waals surface area contributed by atoms with Gasteiger partial charge in [0.05, 0.1) is 5.56 Å². The number of sulfonamides is 1. The van der Waals surface area contributed by atoms with Crippen LogP contribution in [-0.2, 0) is 26.2 Å². The Morgan fingerprint density at radius 3 is 2.37 bits per heavy atom. The second kappa shape index (κ2) is 7.20. The minimum absolute atomic E-state index is 0.0139. The Morgan fingerprint density at radius 2 is 1.70 bits per heavy atom. The number of ether oxygens (including phenoxy) is 1. The van der Waals surface area contributed by atoms with Gasteiger partial charge in [-0.1, -0.05) is 42.5 Å². The molecular weight excluding hydrogens is 372 g/mol. The van der Waals surface area contributed by atoms with E-state index in [9.17, 15) is 22.8 Å². The van der Waals surface area contributed by atoms with Crippen LogP contribution in [0.5, 0.6) is 0 Å². The molecule has 0 fully saturated rings. The van der Waals surface area contributed by atoms with Gasteiger partial charge in [0.1, 0.15) is 17.5 Å². The van der Waals surface area contributed by atoms with Gasteiger partial charge in [-0.3, -0.25) is 9.59 Å². The lowest BCUT2D eigenvalue weighted by Crippen LogP contribution is -2.49. The van der Waals surface area contributed by atoms with Gasteiger partial charge >= 0.3 is 6.09 Å². The summed E-state index contributed by atoms with van der Waals surface area (Å²) in [4.78, 5) is 36.5. The summed E-state index contributed by atoms with van der Waals surface area (Å²) in [5.41, 5.74) is 0.670. The molecule has 0 spiro atoms. The zero-order chi connectivity index (χ0) is 19.6. The molecule has 8 nitrogen and oxygen atoms in total. The lowest BCUT2D eigenvalue weighted by atomic mass is 10.2. The number of alkyl carbamates (subject to hydrolysis) is 1. The van der Waals surface area contributed by atoms with Crippen LogP contribution in [0.3, 0.4) is 0 Å². The molecule has 2 aromatic carbocycles. The van der Waals surface area contributed by atoms with Crippen molar-refractivity contribution in [1.82, 2.24) is 9.62 Å². The molecule has 1 N–H and O–H groups in total. The first-order valence-corrected chi connectivity index (χ1v) is 9.46. The number of hydrogen-bond acceptors (Lipinski definition) is 6. The Labute approximate surface area is 155 Å². The zero-order valence-electron chi connectivity index (χ0n) is 14.3. The maximum Gasteiger partial charge on any atom is 0.408 e. The Kier molecular flexibility index (Phi) is 4.95. The number of carbonyl (C=O) groups excluding carboxylic acids is 3. The normalized spacial score (nSPS) is 15.7. The number of rotatable bonds is 4. The van der Waals surface area contributed by atoms with Gasteiger partial charge in [-0.05, 0) is 24.6 Å². The number of imide groups is 1. The molecule has 1 atom stereocenters. The highest BCUT2D eigenvalue weighted by Crippen LogP contribution is 2.30. The number of amides is 3. The molecule has 3 rings (SSSR count). The average Bonchev–Trinajstić information content (AvgIpc) is 2.86. The highest BCUT2D eigenvalue weighted by atomic mass is 32.2. The van der Waals surface area contributed by atoms with Crippen molar-refractivity contribution in [2.45, 2.75) is 24.5 Å². The van der Waals surface area contributed by atoms with E-state index in [2.05, 4.69) is 5.32 Å². The first-order valence-electron chi connectivity index (χ1n) is 8.02. The van der Waals surface area contributed by atoms with Crippen molar-refractivity contribution in [3.8, 4) is 0 Å². The summed E-state index contributed by atoms with van der Waals surface area (Å²) < 4.78 is 30.1. The summed E-state index contributed by atoms with van der Waals surface area (Å²) >= 11 is 0. The zero-order valence-corrected chi connectivity index (χ0v) is 15.1. The number of carbonyl (C=O) groups is 3. The second-order valence-corrected chi connectivity index (χ2v) is 7.59. The van der Waals surface area contributed by atoms with Crippen LogP contribution < -0.4 is 5.32 Å². The molecule has 0 radical (unpaired) electrons. The number of benzene rings is 2. The third-order valence-corrected chi connectivity index (χ3v) is 5.68. The smallest absolute Gasteiger partial charge is 0.408 e. The molecule has 1 aliphatic rings. The number of hydrogen-bond donors (Lipinski definition) is 1. The average molecular weight is 388 g/mol. The van der Waals surface area contributed by atoms with Crippen LogP contribution in [0.15, 0.2) is 59.5 Å². The van der Waals surface area contributed by atoms with Crippen LogP contribution in [0.4, 0.5) is 4.79 Å². The molecule has 27 heavy (non-hydrogen) atoms. The maximum absolute atomic E-state index is 12.5. The number of nitrogens with one attached hydrogen (secondary N) is 1. The van der Waals surface area contributed by atoms with Crippen LogP contribution in [-0.4, -0.2) is 36.7 Å². The first-order chi connectivity index (χ1) is 12.8. The molecule has 0 saturated heterocycles. The van der Waals surface area contributed by atoms with E-state index in [0.29, 0.717) is 0 Å². The van der Waals surface area contributed by atoms with E-state index in [-0.39, 0.29) is 21.4 Å². The largest absolute Gasteiger partial charge is 0.445 e. The van der Waals surface area contributed by atoms with Crippen molar-refractivity contribution in [2.24, 2.45) is 0 Å². The van der Waals surface area contributed by atoms with Crippen LogP contribution in [0.2, 0.25) is 0 Å². The highest BCUT2D eigenvalue weighted by molar-refractivity contribution is 7.90. The monoisotopic (exact) mass is 388 g/mol. The van der Waals surface area contributed by atoms with Crippen LogP contribution in [0.1, 0.15) is 22.8 Å². The molecule has 1 heterocycles. The lowest BCUT2D eigenvalue weighted by molar-refractivity contribution is -0.126. The predicted molar refractivity (Wildman–Crippen MR) is 94.0 cm³/mol. The Hall–Kier alpha value is -3.20. The van der Waals surface area contributed by atoms with Gasteiger partial charge in [-0.2, -0.15) is 4.31 Å². The molecule has 0 aromatic heterocycles. The van der Waals surface area contributed by atoms with Gasteiger partial charge in [-0.15, -0.1) is 0 Å².